The van der Waals surface area contributed by atoms with Crippen LogP contribution >= 0.6 is 0 Å². The van der Waals surface area contributed by atoms with Crippen molar-refractivity contribution in [1.29, 1.82) is 0 Å². The van der Waals surface area contributed by atoms with E-state index in [4.69, 9.17) is 5.10 Å². The van der Waals surface area contributed by atoms with Crippen molar-refractivity contribution in [2.24, 2.45) is 0 Å². The van der Waals surface area contributed by atoms with Gasteiger partial charge in [0.25, 0.3) is 5.91 Å². The first kappa shape index (κ1) is 19.9. The maximum Gasteiger partial charge on any atom is 0.321 e. The van der Waals surface area contributed by atoms with Crippen LogP contribution in [0.1, 0.15) is 63.2 Å². The molecule has 7 heteroatoms. The number of hydrogen-bond acceptors (Lipinski definition) is 3. The summed E-state index contributed by atoms with van der Waals surface area (Å²) in [6.07, 6.45) is 1.82. The maximum absolute atomic E-state index is 13.1. The molecule has 0 saturated heterocycles. The molecule has 0 aliphatic carbocycles. The fourth-order valence-electron chi connectivity index (χ4n) is 3.10. The van der Waals surface area contributed by atoms with E-state index in [9.17, 15) is 9.59 Å². The van der Waals surface area contributed by atoms with Crippen LogP contribution in [0.15, 0.2) is 24.4 Å². The molecular formula is C21H29N5O2. The third kappa shape index (κ3) is 3.88. The van der Waals surface area contributed by atoms with Gasteiger partial charge in [-0.25, -0.2) is 4.79 Å². The highest BCUT2D eigenvalue weighted by molar-refractivity contribution is 6.05. The summed E-state index contributed by atoms with van der Waals surface area (Å²) in [5, 5.41) is 10.5. The molecule has 1 aliphatic heterocycles. The maximum atomic E-state index is 13.1. The Morgan fingerprint density at radius 1 is 1.18 bits per heavy atom. The molecule has 0 bridgehead atoms. The molecule has 0 radical (unpaired) electrons. The lowest BCUT2D eigenvalue weighted by atomic mass is 9.89. The molecule has 28 heavy (non-hydrogen) atoms. The number of carbonyl (C=O) groups excluding carboxylic acids is 2. The number of hydrogen-bond donors (Lipinski definition) is 2. The lowest BCUT2D eigenvalue weighted by Crippen LogP contribution is -2.35. The van der Waals surface area contributed by atoms with Gasteiger partial charge in [0.2, 0.25) is 0 Å². The number of urea groups is 1. The van der Waals surface area contributed by atoms with Crippen LogP contribution in [0.5, 0.6) is 0 Å². The number of aromatic nitrogens is 2. The zero-order chi connectivity index (χ0) is 20.9. The molecule has 0 saturated carbocycles. The molecule has 1 aliphatic rings. The molecule has 0 unspecified atom stereocenters. The number of amides is 3. The summed E-state index contributed by atoms with van der Waals surface area (Å²) in [6.45, 7) is 12.8. The Hall–Kier alpha value is -2.83. The largest absolute Gasteiger partial charge is 0.323 e. The third-order valence-corrected chi connectivity index (χ3v) is 4.72. The van der Waals surface area contributed by atoms with Gasteiger partial charge < -0.3 is 15.5 Å². The minimum atomic E-state index is -0.258. The van der Waals surface area contributed by atoms with Crippen molar-refractivity contribution in [3.05, 3.63) is 41.2 Å². The molecule has 3 amide bonds. The van der Waals surface area contributed by atoms with Crippen molar-refractivity contribution in [1.82, 2.24) is 14.7 Å². The van der Waals surface area contributed by atoms with Crippen LogP contribution in [0.3, 0.4) is 0 Å². The van der Waals surface area contributed by atoms with E-state index in [1.54, 1.807) is 18.0 Å². The van der Waals surface area contributed by atoms with Gasteiger partial charge in [-0.3, -0.25) is 9.48 Å². The third-order valence-electron chi connectivity index (χ3n) is 4.72. The summed E-state index contributed by atoms with van der Waals surface area (Å²) in [6, 6.07) is 5.38. The van der Waals surface area contributed by atoms with Crippen molar-refractivity contribution in [2.75, 3.05) is 17.7 Å². The zero-order valence-electron chi connectivity index (χ0n) is 17.7. The van der Waals surface area contributed by atoms with Crippen LogP contribution in [-0.2, 0) is 17.5 Å². The van der Waals surface area contributed by atoms with Gasteiger partial charge in [-0.2, -0.15) is 5.10 Å². The highest BCUT2D eigenvalue weighted by atomic mass is 16.2. The summed E-state index contributed by atoms with van der Waals surface area (Å²) in [4.78, 5) is 26.4. The van der Waals surface area contributed by atoms with Crippen LogP contribution in [0, 0.1) is 0 Å². The summed E-state index contributed by atoms with van der Waals surface area (Å²) < 4.78 is 1.85. The molecule has 1 aromatic heterocycles. The number of nitrogens with zero attached hydrogens (tertiary/aromatic N) is 3. The predicted octanol–water partition coefficient (Wildman–Crippen LogP) is 4.17. The first-order chi connectivity index (χ1) is 12.9. The zero-order valence-corrected chi connectivity index (χ0v) is 17.7. The van der Waals surface area contributed by atoms with Gasteiger partial charge in [-0.15, -0.1) is 0 Å². The molecular weight excluding hydrogens is 354 g/mol. The molecule has 150 valence electrons. The molecule has 0 atom stereocenters. The van der Waals surface area contributed by atoms with Crippen LogP contribution in [0.25, 0.3) is 0 Å². The van der Waals surface area contributed by atoms with E-state index in [0.717, 1.165) is 16.9 Å². The molecule has 7 nitrogen and oxygen atoms in total. The van der Waals surface area contributed by atoms with Gasteiger partial charge in [0.15, 0.2) is 0 Å². The van der Waals surface area contributed by atoms with Crippen LogP contribution < -0.4 is 10.6 Å². The van der Waals surface area contributed by atoms with E-state index in [1.807, 2.05) is 23.0 Å². The summed E-state index contributed by atoms with van der Waals surface area (Å²) in [5.74, 6) is -0.187. The van der Waals surface area contributed by atoms with E-state index in [1.165, 1.54) is 0 Å². The van der Waals surface area contributed by atoms with E-state index >= 15 is 0 Å². The second kappa shape index (κ2) is 6.65. The second-order valence-corrected chi connectivity index (χ2v) is 9.37. The SMILES string of the molecule is CN1Cc2cc(NC(=O)c3cn(C(C)(C)C)nc3C(C)(C)C)ccc2NC1=O. The van der Waals surface area contributed by atoms with Gasteiger partial charge in [-0.1, -0.05) is 20.8 Å². The van der Waals surface area contributed by atoms with E-state index < -0.39 is 0 Å². The highest BCUT2D eigenvalue weighted by Gasteiger charge is 2.29. The number of benzene rings is 1. The van der Waals surface area contributed by atoms with Crippen molar-refractivity contribution in [2.45, 2.75) is 59.0 Å². The first-order valence-corrected chi connectivity index (χ1v) is 9.43. The summed E-state index contributed by atoms with van der Waals surface area (Å²) in [7, 11) is 1.74. The molecule has 3 rings (SSSR count). The second-order valence-electron chi connectivity index (χ2n) is 9.37. The van der Waals surface area contributed by atoms with Gasteiger partial charge in [0.1, 0.15) is 0 Å². The van der Waals surface area contributed by atoms with Crippen LogP contribution in [0.2, 0.25) is 0 Å². The average molecular weight is 383 g/mol. The quantitative estimate of drug-likeness (QED) is 0.817. The molecule has 2 heterocycles. The Labute approximate surface area is 166 Å². The standard InChI is InChI=1S/C21H29N5O2/c1-20(2,3)17-15(12-26(24-17)21(4,5)6)18(27)22-14-8-9-16-13(10-14)11-25(7)19(28)23-16/h8-10,12H,11H2,1-7H3,(H,22,27)(H,23,28). The number of rotatable bonds is 2. The number of anilines is 2. The van der Waals surface area contributed by atoms with Gasteiger partial charge >= 0.3 is 6.03 Å². The lowest BCUT2D eigenvalue weighted by molar-refractivity contribution is 0.102. The highest BCUT2D eigenvalue weighted by Crippen LogP contribution is 2.29. The smallest absolute Gasteiger partial charge is 0.321 e. The van der Waals surface area contributed by atoms with Crippen molar-refractivity contribution >= 4 is 23.3 Å². The van der Waals surface area contributed by atoms with Gasteiger partial charge in [0.05, 0.1) is 16.8 Å². The average Bonchev–Trinajstić information content (AvgIpc) is 3.02. The number of fused-ring (bicyclic) bond motifs is 1. The lowest BCUT2D eigenvalue weighted by Gasteiger charge is -2.26. The number of carbonyl (C=O) groups is 2. The Kier molecular flexibility index (Phi) is 4.73. The molecule has 0 fully saturated rings. The van der Waals surface area contributed by atoms with Crippen LogP contribution in [0.4, 0.5) is 16.2 Å². The van der Waals surface area contributed by atoms with Gasteiger partial charge in [0, 0.05) is 36.6 Å². The molecule has 2 N–H and O–H groups in total. The summed E-state index contributed by atoms with van der Waals surface area (Å²) >= 11 is 0. The van der Waals surface area contributed by atoms with E-state index in [0.29, 0.717) is 17.8 Å². The minimum Gasteiger partial charge on any atom is -0.323 e. The van der Waals surface area contributed by atoms with Crippen molar-refractivity contribution in [3.63, 3.8) is 0 Å². The Morgan fingerprint density at radius 3 is 2.46 bits per heavy atom. The predicted molar refractivity (Wildman–Crippen MR) is 111 cm³/mol. The fraction of sp³-hybridized carbons (Fsp3) is 0.476. The first-order valence-electron chi connectivity index (χ1n) is 9.43. The van der Waals surface area contributed by atoms with Gasteiger partial charge in [-0.05, 0) is 44.5 Å². The normalized spacial score (nSPS) is 14.5. The Balaban J connectivity index is 1.91. The summed E-state index contributed by atoms with van der Waals surface area (Å²) in [5.41, 5.74) is 3.30. The Morgan fingerprint density at radius 2 is 1.86 bits per heavy atom. The van der Waals surface area contributed by atoms with E-state index in [-0.39, 0.29) is 22.9 Å². The molecule has 0 spiro atoms. The minimum absolute atomic E-state index is 0.131. The van der Waals surface area contributed by atoms with E-state index in [2.05, 4.69) is 52.2 Å². The van der Waals surface area contributed by atoms with Crippen molar-refractivity contribution < 1.29 is 9.59 Å². The number of nitrogens with one attached hydrogen (secondary N) is 2. The van der Waals surface area contributed by atoms with Crippen molar-refractivity contribution in [3.8, 4) is 0 Å². The Bertz CT molecular complexity index is 931. The monoisotopic (exact) mass is 383 g/mol. The van der Waals surface area contributed by atoms with Crippen LogP contribution in [-0.4, -0.2) is 33.7 Å². The molecule has 2 aromatic rings. The fourth-order valence-corrected chi connectivity index (χ4v) is 3.10. The topological polar surface area (TPSA) is 79.3 Å². The molecule has 1 aromatic carbocycles.